The van der Waals surface area contributed by atoms with Gasteiger partial charge in [0.25, 0.3) is 0 Å². The van der Waals surface area contributed by atoms with Crippen LogP contribution in [0.5, 0.6) is 0 Å². The number of benzene rings is 6. The molecular weight excluding hydrogens is 601 g/mol. The molecule has 0 heterocycles. The quantitative estimate of drug-likeness (QED) is 0.176. The van der Waals surface area contributed by atoms with Gasteiger partial charge in [0.15, 0.2) is 0 Å². The third-order valence-corrected chi connectivity index (χ3v) is 8.73. The Bertz CT molecular complexity index is 1450. The average molecular weight is 661 g/mol. The lowest BCUT2D eigenvalue weighted by Gasteiger charge is -2.40. The third-order valence-electron chi connectivity index (χ3n) is 8.73. The van der Waals surface area contributed by atoms with Crippen LogP contribution in [0.4, 0.5) is 0 Å². The van der Waals surface area contributed by atoms with E-state index in [0.717, 1.165) is 12.8 Å². The minimum atomic E-state index is 0.613. The Morgan fingerprint density at radius 3 is 0.720 bits per heavy atom. The van der Waals surface area contributed by atoms with Crippen molar-refractivity contribution in [2.75, 3.05) is 0 Å². The normalized spacial score (nSPS) is 13.6. The van der Waals surface area contributed by atoms with Crippen molar-refractivity contribution in [2.45, 2.75) is 80.1 Å². The van der Waals surface area contributed by atoms with Crippen molar-refractivity contribution in [3.63, 3.8) is 0 Å². The van der Waals surface area contributed by atoms with Gasteiger partial charge < -0.3 is 0 Å². The minimum Gasteiger partial charge on any atom is -0.0622 e. The molecule has 6 aromatic carbocycles. The molecule has 0 unspecified atom stereocenters. The molecule has 1 saturated carbocycles. The topological polar surface area (TPSA) is 0 Å². The maximum absolute atomic E-state index is 2.40. The molecule has 0 radical (unpaired) electrons. The highest BCUT2D eigenvalue weighted by atomic mass is 14.4. The van der Waals surface area contributed by atoms with Crippen molar-refractivity contribution in [1.82, 2.24) is 0 Å². The van der Waals surface area contributed by atoms with Crippen LogP contribution in [-0.4, -0.2) is 0 Å². The Hall–Kier alpha value is -4.68. The molecule has 6 aromatic rings. The van der Waals surface area contributed by atoms with Gasteiger partial charge in [-0.2, -0.15) is 0 Å². The van der Waals surface area contributed by atoms with E-state index in [1.54, 1.807) is 0 Å². The lowest BCUT2D eigenvalue weighted by molar-refractivity contribution is 0.116. The largest absolute Gasteiger partial charge is 0.0622 e. The van der Waals surface area contributed by atoms with Crippen LogP contribution in [0.3, 0.4) is 0 Å². The Balaban J connectivity index is 0.000000173. The molecule has 0 amide bonds. The van der Waals surface area contributed by atoms with E-state index in [1.807, 2.05) is 36.4 Å². The van der Waals surface area contributed by atoms with Crippen molar-refractivity contribution in [1.29, 1.82) is 0 Å². The zero-order valence-electron chi connectivity index (χ0n) is 31.6. The van der Waals surface area contributed by atoms with Crippen LogP contribution in [0.2, 0.25) is 0 Å². The smallest absolute Gasteiger partial charge is 0.00258 e. The zero-order chi connectivity index (χ0) is 35.9. The van der Waals surface area contributed by atoms with Gasteiger partial charge in [0.1, 0.15) is 0 Å². The number of rotatable bonds is 4. The summed E-state index contributed by atoms with van der Waals surface area (Å²) in [5, 5.41) is 0. The Morgan fingerprint density at radius 2 is 0.560 bits per heavy atom. The van der Waals surface area contributed by atoms with Crippen molar-refractivity contribution in [3.8, 4) is 0 Å². The lowest BCUT2D eigenvalue weighted by atomic mass is 9.65. The second-order valence-electron chi connectivity index (χ2n) is 15.0. The van der Waals surface area contributed by atoms with Crippen LogP contribution in [0.15, 0.2) is 182 Å². The molecule has 1 aliphatic carbocycles. The van der Waals surface area contributed by atoms with E-state index in [0.29, 0.717) is 10.8 Å². The molecule has 0 aliphatic heterocycles. The molecule has 1 fully saturated rings. The van der Waals surface area contributed by atoms with Gasteiger partial charge in [0, 0.05) is 0 Å². The van der Waals surface area contributed by atoms with Gasteiger partial charge in [-0.05, 0) is 79.0 Å². The minimum absolute atomic E-state index is 0.613. The van der Waals surface area contributed by atoms with Crippen LogP contribution in [0.1, 0.15) is 86.8 Å². The maximum Gasteiger partial charge on any atom is -0.00258 e. The fourth-order valence-electron chi connectivity index (χ4n) is 6.44. The van der Waals surface area contributed by atoms with Gasteiger partial charge in [0.05, 0.1) is 0 Å². The molecular formula is C50H60. The highest BCUT2D eigenvalue weighted by Gasteiger charge is 2.32. The summed E-state index contributed by atoms with van der Waals surface area (Å²) in [6.45, 7) is 13.8. The standard InChI is InChI=1S/2C13H12.C10H20.2C7H8/c2*1-3-7-12(8-4-1)11-13-9-5-2-6-10-13;1-9(2)6-5-7-10(3,4)8-9;2*1-7-5-3-2-4-6-7/h2*1-10H,11H2;5-8H2,1-4H3;2*2-6H,1H3. The van der Waals surface area contributed by atoms with Crippen molar-refractivity contribution in [2.24, 2.45) is 10.8 Å². The van der Waals surface area contributed by atoms with E-state index in [2.05, 4.69) is 187 Å². The molecule has 260 valence electrons. The Morgan fingerprint density at radius 1 is 0.340 bits per heavy atom. The van der Waals surface area contributed by atoms with Gasteiger partial charge >= 0.3 is 0 Å². The monoisotopic (exact) mass is 660 g/mol. The molecule has 0 saturated heterocycles. The van der Waals surface area contributed by atoms with E-state index < -0.39 is 0 Å². The van der Waals surface area contributed by atoms with Crippen LogP contribution < -0.4 is 0 Å². The molecule has 1 aliphatic rings. The van der Waals surface area contributed by atoms with Crippen molar-refractivity contribution < 1.29 is 0 Å². The van der Waals surface area contributed by atoms with Gasteiger partial charge in [-0.15, -0.1) is 0 Å². The van der Waals surface area contributed by atoms with Crippen molar-refractivity contribution >= 4 is 0 Å². The maximum atomic E-state index is 2.40. The molecule has 0 spiro atoms. The van der Waals surface area contributed by atoms with Crippen LogP contribution in [0, 0.1) is 24.7 Å². The van der Waals surface area contributed by atoms with E-state index in [4.69, 9.17) is 0 Å². The molecule has 0 bridgehead atoms. The van der Waals surface area contributed by atoms with Crippen molar-refractivity contribution in [3.05, 3.63) is 215 Å². The summed E-state index contributed by atoms with van der Waals surface area (Å²) in [6, 6.07) is 62.7. The SMILES string of the molecule is CC1(C)CCCC(C)(C)C1.Cc1ccccc1.Cc1ccccc1.c1ccc(Cc2ccccc2)cc1.c1ccc(Cc2ccccc2)cc1. The number of aryl methyl sites for hydroxylation is 2. The highest BCUT2D eigenvalue weighted by molar-refractivity contribution is 5.26. The molecule has 0 aromatic heterocycles. The average Bonchev–Trinajstić information content (AvgIpc) is 3.11. The first-order chi connectivity index (χ1) is 24.1. The van der Waals surface area contributed by atoms with Gasteiger partial charge in [0.2, 0.25) is 0 Å². The van der Waals surface area contributed by atoms with Crippen LogP contribution in [0.25, 0.3) is 0 Å². The summed E-state index contributed by atoms with van der Waals surface area (Å²) in [5.74, 6) is 0. The summed E-state index contributed by atoms with van der Waals surface area (Å²) in [7, 11) is 0. The van der Waals surface area contributed by atoms with Crippen LogP contribution in [-0.2, 0) is 12.8 Å². The molecule has 50 heavy (non-hydrogen) atoms. The lowest BCUT2D eigenvalue weighted by Crippen LogP contribution is -2.28. The number of hydrogen-bond donors (Lipinski definition) is 0. The fraction of sp³-hybridized carbons (Fsp3) is 0.280. The van der Waals surface area contributed by atoms with Gasteiger partial charge in [-0.3, -0.25) is 0 Å². The van der Waals surface area contributed by atoms with Gasteiger partial charge in [-0.1, -0.05) is 227 Å². The molecule has 0 heteroatoms. The second kappa shape index (κ2) is 22.1. The summed E-state index contributed by atoms with van der Waals surface area (Å²) < 4.78 is 0. The van der Waals surface area contributed by atoms with E-state index in [1.165, 1.54) is 59.1 Å². The van der Waals surface area contributed by atoms with E-state index in [-0.39, 0.29) is 0 Å². The van der Waals surface area contributed by atoms with Crippen LogP contribution >= 0.6 is 0 Å². The second-order valence-corrected chi connectivity index (χ2v) is 15.0. The first kappa shape index (κ1) is 39.8. The highest BCUT2D eigenvalue weighted by Crippen LogP contribution is 2.45. The Kier molecular flexibility index (Phi) is 17.6. The van der Waals surface area contributed by atoms with Gasteiger partial charge in [-0.25, -0.2) is 0 Å². The molecule has 0 atom stereocenters. The molecule has 0 nitrogen and oxygen atoms in total. The predicted molar refractivity (Wildman–Crippen MR) is 220 cm³/mol. The summed E-state index contributed by atoms with van der Waals surface area (Å²) in [4.78, 5) is 0. The van der Waals surface area contributed by atoms with E-state index in [9.17, 15) is 0 Å². The fourth-order valence-corrected chi connectivity index (χ4v) is 6.44. The predicted octanol–water partition coefficient (Wildman–Crippen LogP) is 14.2. The summed E-state index contributed by atoms with van der Waals surface area (Å²) in [5.41, 5.74) is 9.35. The molecule has 0 N–H and O–H groups in total. The third kappa shape index (κ3) is 18.2. The number of hydrogen-bond acceptors (Lipinski definition) is 0. The summed E-state index contributed by atoms with van der Waals surface area (Å²) in [6.07, 6.45) is 7.75. The first-order valence-corrected chi connectivity index (χ1v) is 18.3. The first-order valence-electron chi connectivity index (χ1n) is 18.3. The molecule has 7 rings (SSSR count). The summed E-state index contributed by atoms with van der Waals surface area (Å²) >= 11 is 0. The Labute approximate surface area is 305 Å². The zero-order valence-corrected chi connectivity index (χ0v) is 31.6. The van der Waals surface area contributed by atoms with E-state index >= 15 is 0 Å².